The molecule has 1 heterocycles. The zero-order chi connectivity index (χ0) is 14.4. The van der Waals surface area contributed by atoms with Gasteiger partial charge in [-0.25, -0.2) is 11.4 Å². The van der Waals surface area contributed by atoms with Gasteiger partial charge in [-0.3, -0.25) is 4.90 Å². The molecular weight excluding hydrogens is 254 g/mol. The first-order valence-electron chi connectivity index (χ1n) is 6.74. The summed E-state index contributed by atoms with van der Waals surface area (Å²) in [6.45, 7) is 10.8. The Labute approximate surface area is 119 Å². The second-order valence-electron chi connectivity index (χ2n) is 5.00. The summed E-state index contributed by atoms with van der Waals surface area (Å²) in [6.07, 6.45) is -0.337. The van der Waals surface area contributed by atoms with Crippen molar-refractivity contribution in [3.05, 3.63) is 47.3 Å². The normalized spacial score (nSPS) is 22.1. The maximum absolute atomic E-state index is 12.2. The van der Waals surface area contributed by atoms with E-state index >= 15 is 0 Å². The molecule has 1 aromatic carbocycles. The van der Waals surface area contributed by atoms with Crippen molar-refractivity contribution < 1.29 is 9.53 Å². The van der Waals surface area contributed by atoms with E-state index in [0.29, 0.717) is 19.6 Å². The molecule has 0 unspecified atom stereocenters. The monoisotopic (exact) mass is 273 g/mol. The highest BCUT2D eigenvalue weighted by Gasteiger charge is 2.32. The van der Waals surface area contributed by atoms with E-state index < -0.39 is 0 Å². The van der Waals surface area contributed by atoms with Crippen LogP contribution < -0.4 is 5.32 Å². The van der Waals surface area contributed by atoms with E-state index in [-0.39, 0.29) is 24.8 Å². The Bertz CT molecular complexity index is 484. The molecule has 1 aliphatic heterocycles. The van der Waals surface area contributed by atoms with Gasteiger partial charge in [-0.1, -0.05) is 30.3 Å². The predicted molar refractivity (Wildman–Crippen MR) is 76.1 cm³/mol. The molecule has 0 saturated carbocycles. The molecule has 0 radical (unpaired) electrons. The minimum absolute atomic E-state index is 0.105. The predicted octanol–water partition coefficient (Wildman–Crippen LogP) is 1.90. The first-order valence-corrected chi connectivity index (χ1v) is 6.74. The van der Waals surface area contributed by atoms with Crippen molar-refractivity contribution in [3.63, 3.8) is 0 Å². The molecule has 0 bridgehead atoms. The molecule has 2 atom stereocenters. The van der Waals surface area contributed by atoms with E-state index in [1.807, 2.05) is 37.3 Å². The van der Waals surface area contributed by atoms with E-state index in [4.69, 9.17) is 11.3 Å². The molecule has 1 N–H and O–H groups in total. The Morgan fingerprint density at radius 1 is 1.50 bits per heavy atom. The van der Waals surface area contributed by atoms with Crippen molar-refractivity contribution in [2.45, 2.75) is 25.6 Å². The Hall–Kier alpha value is -2.06. The lowest BCUT2D eigenvalue weighted by atomic mass is 10.1. The molecule has 5 heteroatoms. The van der Waals surface area contributed by atoms with Crippen LogP contribution in [0.2, 0.25) is 0 Å². The van der Waals surface area contributed by atoms with Crippen LogP contribution in [0.25, 0.3) is 4.85 Å². The highest BCUT2D eigenvalue weighted by atomic mass is 16.6. The smallest absolute Gasteiger partial charge is 0.410 e. The molecule has 1 aromatic rings. The van der Waals surface area contributed by atoms with Crippen molar-refractivity contribution in [1.29, 1.82) is 0 Å². The van der Waals surface area contributed by atoms with Crippen LogP contribution in [0.1, 0.15) is 12.5 Å². The van der Waals surface area contributed by atoms with Crippen LogP contribution in [0.3, 0.4) is 0 Å². The van der Waals surface area contributed by atoms with Gasteiger partial charge >= 0.3 is 6.09 Å². The standard InChI is InChI=1S/C15H19N3O2/c1-12-10-18(14(8-16-2)9-17-12)15(19)20-11-13-6-4-3-5-7-13/h3-7,12,14,17H,8-11H2,1H3/t12-,14+/m1/s1. The molecule has 1 amide bonds. The van der Waals surface area contributed by atoms with Gasteiger partial charge in [0.1, 0.15) is 12.6 Å². The second kappa shape index (κ2) is 6.92. The molecule has 20 heavy (non-hydrogen) atoms. The van der Waals surface area contributed by atoms with Gasteiger partial charge in [0.05, 0.1) is 0 Å². The Balaban J connectivity index is 1.93. The van der Waals surface area contributed by atoms with Crippen LogP contribution >= 0.6 is 0 Å². The number of carbonyl (C=O) groups is 1. The second-order valence-corrected chi connectivity index (χ2v) is 5.00. The molecule has 0 spiro atoms. The molecule has 0 aliphatic carbocycles. The minimum Gasteiger partial charge on any atom is -0.445 e. The number of benzene rings is 1. The molecule has 1 fully saturated rings. The highest BCUT2D eigenvalue weighted by molar-refractivity contribution is 5.68. The summed E-state index contributed by atoms with van der Waals surface area (Å²) in [5.74, 6) is 0. The number of hydrogen-bond acceptors (Lipinski definition) is 3. The maximum Gasteiger partial charge on any atom is 0.410 e. The quantitative estimate of drug-likeness (QED) is 0.856. The van der Waals surface area contributed by atoms with Crippen LogP contribution in [0, 0.1) is 6.57 Å². The number of carbonyl (C=O) groups excluding carboxylic acids is 1. The fourth-order valence-electron chi connectivity index (χ4n) is 2.25. The number of rotatable bonds is 3. The van der Waals surface area contributed by atoms with E-state index in [2.05, 4.69) is 10.2 Å². The molecule has 1 aliphatic rings. The summed E-state index contributed by atoms with van der Waals surface area (Å²) in [5.41, 5.74) is 0.964. The average molecular weight is 273 g/mol. The fraction of sp³-hybridized carbons (Fsp3) is 0.467. The highest BCUT2D eigenvalue weighted by Crippen LogP contribution is 2.11. The number of nitrogens with one attached hydrogen (secondary N) is 1. The third-order valence-corrected chi connectivity index (χ3v) is 3.35. The Morgan fingerprint density at radius 2 is 2.25 bits per heavy atom. The number of hydrogen-bond donors (Lipinski definition) is 1. The van der Waals surface area contributed by atoms with Crippen molar-refractivity contribution in [2.24, 2.45) is 0 Å². The van der Waals surface area contributed by atoms with Crippen LogP contribution in [0.4, 0.5) is 4.79 Å². The summed E-state index contributed by atoms with van der Waals surface area (Å²) >= 11 is 0. The Morgan fingerprint density at radius 3 is 2.95 bits per heavy atom. The lowest BCUT2D eigenvalue weighted by molar-refractivity contribution is 0.0680. The van der Waals surface area contributed by atoms with Crippen molar-refractivity contribution in [3.8, 4) is 0 Å². The number of nitrogens with zero attached hydrogens (tertiary/aromatic N) is 2. The van der Waals surface area contributed by atoms with Crippen LogP contribution in [0.15, 0.2) is 30.3 Å². The summed E-state index contributed by atoms with van der Waals surface area (Å²) in [4.78, 5) is 17.2. The van der Waals surface area contributed by atoms with Gasteiger partial charge in [-0.2, -0.15) is 0 Å². The fourth-order valence-corrected chi connectivity index (χ4v) is 2.25. The van der Waals surface area contributed by atoms with E-state index in [0.717, 1.165) is 5.56 Å². The van der Waals surface area contributed by atoms with E-state index in [9.17, 15) is 4.79 Å². The molecule has 2 rings (SSSR count). The molecule has 5 nitrogen and oxygen atoms in total. The molecule has 106 valence electrons. The lowest BCUT2D eigenvalue weighted by Gasteiger charge is -2.36. The summed E-state index contributed by atoms with van der Waals surface area (Å²) in [7, 11) is 0. The van der Waals surface area contributed by atoms with Gasteiger partial charge in [-0.05, 0) is 12.5 Å². The minimum atomic E-state index is -0.337. The van der Waals surface area contributed by atoms with Gasteiger partial charge in [0.2, 0.25) is 6.54 Å². The first-order chi connectivity index (χ1) is 9.70. The summed E-state index contributed by atoms with van der Waals surface area (Å²) < 4.78 is 5.35. The van der Waals surface area contributed by atoms with Crippen molar-refractivity contribution in [1.82, 2.24) is 10.2 Å². The van der Waals surface area contributed by atoms with Gasteiger partial charge in [0.25, 0.3) is 0 Å². The average Bonchev–Trinajstić information content (AvgIpc) is 2.48. The van der Waals surface area contributed by atoms with E-state index in [1.165, 1.54) is 0 Å². The van der Waals surface area contributed by atoms with Gasteiger partial charge < -0.3 is 14.9 Å². The van der Waals surface area contributed by atoms with Crippen LogP contribution in [0.5, 0.6) is 0 Å². The zero-order valence-corrected chi connectivity index (χ0v) is 11.6. The number of amides is 1. The SMILES string of the molecule is [C-]#[N+]C[C@H]1CN[C@H](C)CN1C(=O)OCc1ccccc1. The van der Waals surface area contributed by atoms with E-state index in [1.54, 1.807) is 4.90 Å². The molecular formula is C15H19N3O2. The third kappa shape index (κ3) is 3.72. The zero-order valence-electron chi connectivity index (χ0n) is 11.6. The van der Waals surface area contributed by atoms with Gasteiger partial charge in [0.15, 0.2) is 0 Å². The lowest BCUT2D eigenvalue weighted by Crippen LogP contribution is -2.58. The van der Waals surface area contributed by atoms with Crippen LogP contribution in [-0.4, -0.2) is 42.7 Å². The van der Waals surface area contributed by atoms with Crippen LogP contribution in [-0.2, 0) is 11.3 Å². The molecule has 0 aromatic heterocycles. The number of piperazine rings is 1. The van der Waals surface area contributed by atoms with Crippen molar-refractivity contribution >= 4 is 6.09 Å². The van der Waals surface area contributed by atoms with Gasteiger partial charge in [0, 0.05) is 19.1 Å². The largest absolute Gasteiger partial charge is 0.445 e. The Kier molecular flexibility index (Phi) is 4.97. The third-order valence-electron chi connectivity index (χ3n) is 3.35. The first kappa shape index (κ1) is 14.4. The summed E-state index contributed by atoms with van der Waals surface area (Å²) in [5, 5.41) is 3.28. The topological polar surface area (TPSA) is 45.9 Å². The van der Waals surface area contributed by atoms with Gasteiger partial charge in [-0.15, -0.1) is 0 Å². The maximum atomic E-state index is 12.2. The summed E-state index contributed by atoms with van der Waals surface area (Å²) in [6, 6.07) is 9.72. The number of ether oxygens (including phenoxy) is 1. The molecule has 1 saturated heterocycles. The van der Waals surface area contributed by atoms with Crippen molar-refractivity contribution in [2.75, 3.05) is 19.6 Å².